The van der Waals surface area contributed by atoms with Gasteiger partial charge in [-0.05, 0) is 31.4 Å². The van der Waals surface area contributed by atoms with Crippen molar-refractivity contribution in [1.82, 2.24) is 15.2 Å². The summed E-state index contributed by atoms with van der Waals surface area (Å²) in [6.45, 7) is 2.33. The van der Waals surface area contributed by atoms with E-state index in [1.807, 2.05) is 29.6 Å². The second kappa shape index (κ2) is 9.07. The summed E-state index contributed by atoms with van der Waals surface area (Å²) >= 11 is 8.66. The number of thiazole rings is 1. The quantitative estimate of drug-likeness (QED) is 0.416. The molecule has 0 spiro atoms. The fourth-order valence-corrected chi connectivity index (χ4v) is 5.01. The number of likely N-dealkylation sites (tertiary alicyclic amines) is 1. The molecule has 0 atom stereocenters. The molecule has 29 heavy (non-hydrogen) atoms. The minimum Gasteiger partial charge on any atom is -0.357 e. The minimum absolute atomic E-state index is 0.140. The molecule has 0 aliphatic carbocycles. The number of carbonyl (C=O) groups excluding carboxylic acids is 1. The average molecular weight is 445 g/mol. The van der Waals surface area contributed by atoms with Gasteiger partial charge in [0.25, 0.3) is 5.91 Å². The Morgan fingerprint density at radius 3 is 2.59 bits per heavy atom. The van der Waals surface area contributed by atoms with E-state index in [0.717, 1.165) is 47.8 Å². The van der Waals surface area contributed by atoms with E-state index in [4.69, 9.17) is 17.0 Å². The van der Waals surface area contributed by atoms with Crippen LogP contribution in [-0.2, 0) is 6.54 Å². The van der Waals surface area contributed by atoms with Crippen molar-refractivity contribution in [1.29, 1.82) is 5.41 Å². The third-order valence-corrected chi connectivity index (χ3v) is 6.95. The summed E-state index contributed by atoms with van der Waals surface area (Å²) in [6, 6.07) is 11.5. The third-order valence-electron chi connectivity index (χ3n) is 4.88. The first-order valence-corrected chi connectivity index (χ1v) is 11.6. The molecule has 1 saturated heterocycles. The molecule has 8 heteroatoms. The van der Waals surface area contributed by atoms with Gasteiger partial charge in [0.15, 0.2) is 0 Å². The molecule has 2 aromatic heterocycles. The van der Waals surface area contributed by atoms with Crippen LogP contribution in [0.1, 0.15) is 39.5 Å². The number of halogens is 1. The van der Waals surface area contributed by atoms with Crippen LogP contribution in [0.25, 0.3) is 11.3 Å². The Balaban J connectivity index is 1.37. The lowest BCUT2D eigenvalue weighted by Crippen LogP contribution is -2.35. The first-order valence-electron chi connectivity index (χ1n) is 9.52. The maximum Gasteiger partial charge on any atom is 0.261 e. The van der Waals surface area contributed by atoms with E-state index < -0.39 is 0 Å². The molecular weight excluding hydrogens is 424 g/mol. The highest BCUT2D eigenvalue weighted by Crippen LogP contribution is 2.24. The van der Waals surface area contributed by atoms with E-state index in [-0.39, 0.29) is 5.91 Å². The van der Waals surface area contributed by atoms with Gasteiger partial charge in [0, 0.05) is 29.6 Å². The first-order chi connectivity index (χ1) is 14.1. The Morgan fingerprint density at radius 2 is 1.90 bits per heavy atom. The predicted molar refractivity (Wildman–Crippen MR) is 120 cm³/mol. The maximum absolute atomic E-state index is 12.1. The summed E-state index contributed by atoms with van der Waals surface area (Å²) in [6.07, 6.45) is 3.59. The van der Waals surface area contributed by atoms with Crippen LogP contribution < -0.4 is 5.32 Å². The highest BCUT2D eigenvalue weighted by atomic mass is 35.5. The predicted octanol–water partition coefficient (Wildman–Crippen LogP) is 5.27. The van der Waals surface area contributed by atoms with E-state index in [9.17, 15) is 4.79 Å². The number of amidine groups is 1. The summed E-state index contributed by atoms with van der Waals surface area (Å²) in [4.78, 5) is 19.5. The number of amides is 1. The zero-order valence-electron chi connectivity index (χ0n) is 15.8. The molecule has 150 valence electrons. The van der Waals surface area contributed by atoms with Gasteiger partial charge in [-0.1, -0.05) is 35.9 Å². The summed E-state index contributed by atoms with van der Waals surface area (Å²) in [5, 5.41) is 14.2. The molecule has 1 aliphatic rings. The van der Waals surface area contributed by atoms with Crippen molar-refractivity contribution < 1.29 is 4.79 Å². The standard InChI is InChI=1S/C21H21ClN4OS2/c22-18-9-8-17(29-18)21(27)24-12-19-25-16(13-28-19)14-4-6-15(7-5-14)20(23)26-10-2-1-3-11-26/h4-9,13,23H,1-3,10-12H2,(H,24,27). The molecule has 1 aromatic carbocycles. The monoisotopic (exact) mass is 444 g/mol. The average Bonchev–Trinajstić information content (AvgIpc) is 3.41. The van der Waals surface area contributed by atoms with E-state index in [2.05, 4.69) is 15.2 Å². The Bertz CT molecular complexity index is 1010. The van der Waals surface area contributed by atoms with Crippen LogP contribution in [0.4, 0.5) is 0 Å². The van der Waals surface area contributed by atoms with Gasteiger partial charge in [-0.3, -0.25) is 10.2 Å². The van der Waals surface area contributed by atoms with Crippen molar-refractivity contribution in [3.63, 3.8) is 0 Å². The van der Waals surface area contributed by atoms with Crippen LogP contribution in [0.15, 0.2) is 41.8 Å². The molecule has 0 saturated carbocycles. The lowest BCUT2D eigenvalue weighted by atomic mass is 10.1. The molecule has 0 radical (unpaired) electrons. The van der Waals surface area contributed by atoms with Gasteiger partial charge in [0.2, 0.25) is 0 Å². The first kappa shape index (κ1) is 20.1. The molecular formula is C21H21ClN4OS2. The largest absolute Gasteiger partial charge is 0.357 e. The number of nitrogens with one attached hydrogen (secondary N) is 2. The lowest BCUT2D eigenvalue weighted by Gasteiger charge is -2.29. The van der Waals surface area contributed by atoms with Crippen molar-refractivity contribution in [2.75, 3.05) is 13.1 Å². The van der Waals surface area contributed by atoms with Gasteiger partial charge in [0.05, 0.1) is 21.5 Å². The molecule has 5 nitrogen and oxygen atoms in total. The molecule has 3 aromatic rings. The highest BCUT2D eigenvalue weighted by Gasteiger charge is 2.15. The Labute approximate surface area is 182 Å². The SMILES string of the molecule is N=C(c1ccc(-c2csc(CNC(=O)c3ccc(Cl)s3)n2)cc1)N1CCCCC1. The van der Waals surface area contributed by atoms with E-state index >= 15 is 0 Å². The Morgan fingerprint density at radius 1 is 1.14 bits per heavy atom. The van der Waals surface area contributed by atoms with E-state index in [1.54, 1.807) is 12.1 Å². The number of piperidine rings is 1. The van der Waals surface area contributed by atoms with Gasteiger partial charge in [-0.2, -0.15) is 0 Å². The van der Waals surface area contributed by atoms with Crippen molar-refractivity contribution in [2.24, 2.45) is 0 Å². The molecule has 0 unspecified atom stereocenters. The second-order valence-corrected chi connectivity index (χ2v) is 9.54. The number of hydrogen-bond donors (Lipinski definition) is 2. The van der Waals surface area contributed by atoms with E-state index in [1.165, 1.54) is 29.1 Å². The summed E-state index contributed by atoms with van der Waals surface area (Å²) < 4.78 is 0.600. The Kier molecular flexibility index (Phi) is 6.28. The summed E-state index contributed by atoms with van der Waals surface area (Å²) in [7, 11) is 0. The van der Waals surface area contributed by atoms with Crippen LogP contribution in [0.5, 0.6) is 0 Å². The molecule has 1 aliphatic heterocycles. The van der Waals surface area contributed by atoms with Gasteiger partial charge in [0.1, 0.15) is 10.8 Å². The van der Waals surface area contributed by atoms with Crippen molar-refractivity contribution in [3.8, 4) is 11.3 Å². The van der Waals surface area contributed by atoms with Gasteiger partial charge < -0.3 is 10.2 Å². The number of hydrogen-bond acceptors (Lipinski definition) is 5. The van der Waals surface area contributed by atoms with Crippen LogP contribution >= 0.6 is 34.3 Å². The normalized spacial score (nSPS) is 14.0. The zero-order valence-corrected chi connectivity index (χ0v) is 18.2. The second-order valence-electron chi connectivity index (χ2n) is 6.89. The molecule has 1 fully saturated rings. The van der Waals surface area contributed by atoms with Gasteiger partial charge >= 0.3 is 0 Å². The number of carbonyl (C=O) groups is 1. The lowest BCUT2D eigenvalue weighted by molar-refractivity contribution is 0.0955. The van der Waals surface area contributed by atoms with Gasteiger partial charge in [-0.25, -0.2) is 4.98 Å². The highest BCUT2D eigenvalue weighted by molar-refractivity contribution is 7.18. The van der Waals surface area contributed by atoms with Crippen molar-refractivity contribution >= 4 is 46.0 Å². The molecule has 2 N–H and O–H groups in total. The van der Waals surface area contributed by atoms with Crippen LogP contribution in [0.2, 0.25) is 4.34 Å². The molecule has 4 rings (SSSR count). The molecule has 1 amide bonds. The maximum atomic E-state index is 12.1. The molecule has 3 heterocycles. The fraction of sp³-hybridized carbons (Fsp3) is 0.286. The summed E-state index contributed by atoms with van der Waals surface area (Å²) in [5.41, 5.74) is 2.83. The topological polar surface area (TPSA) is 69.1 Å². The minimum atomic E-state index is -0.140. The third kappa shape index (κ3) is 4.86. The number of thiophene rings is 1. The van der Waals surface area contributed by atoms with Crippen LogP contribution in [0, 0.1) is 5.41 Å². The van der Waals surface area contributed by atoms with E-state index in [0.29, 0.717) is 21.6 Å². The summed E-state index contributed by atoms with van der Waals surface area (Å²) in [5.74, 6) is 0.464. The number of aromatic nitrogens is 1. The van der Waals surface area contributed by atoms with Crippen molar-refractivity contribution in [2.45, 2.75) is 25.8 Å². The van der Waals surface area contributed by atoms with Gasteiger partial charge in [-0.15, -0.1) is 22.7 Å². The smallest absolute Gasteiger partial charge is 0.261 e. The Hall–Kier alpha value is -2.22. The van der Waals surface area contributed by atoms with Crippen molar-refractivity contribution in [3.05, 3.63) is 61.6 Å². The number of rotatable bonds is 5. The number of nitrogens with zero attached hydrogens (tertiary/aromatic N) is 2. The van der Waals surface area contributed by atoms with Crippen LogP contribution in [-0.4, -0.2) is 34.7 Å². The van der Waals surface area contributed by atoms with Crippen LogP contribution in [0.3, 0.4) is 0 Å². The fourth-order valence-electron chi connectivity index (χ4n) is 3.30. The molecule has 0 bridgehead atoms. The zero-order chi connectivity index (χ0) is 20.2. The number of benzene rings is 1.